The number of nitrogens with zero attached hydrogens (tertiary/aromatic N) is 1. The van der Waals surface area contributed by atoms with Gasteiger partial charge in [0, 0.05) is 29.8 Å². The lowest BCUT2D eigenvalue weighted by molar-refractivity contribution is -0.385. The number of benzene rings is 1. The number of hydrogen-bond acceptors (Lipinski definition) is 3. The van der Waals surface area contributed by atoms with Crippen LogP contribution in [0.15, 0.2) is 48.7 Å². The van der Waals surface area contributed by atoms with Crippen LogP contribution in [-0.4, -0.2) is 23.9 Å². The van der Waals surface area contributed by atoms with Crippen molar-refractivity contribution >= 4 is 11.3 Å². The number of aromatic nitrogens is 1. The van der Waals surface area contributed by atoms with Crippen LogP contribution in [-0.2, 0) is 0 Å². The average Bonchev–Trinajstić information content (AvgIpc) is 2.61. The van der Waals surface area contributed by atoms with Gasteiger partial charge in [-0.25, -0.2) is 13.8 Å². The van der Waals surface area contributed by atoms with E-state index in [4.69, 9.17) is 4.74 Å². The van der Waals surface area contributed by atoms with Gasteiger partial charge in [-0.1, -0.05) is 0 Å². The molecule has 5 nitrogen and oxygen atoms in total. The molecule has 7 heteroatoms. The van der Waals surface area contributed by atoms with Gasteiger partial charge in [0.15, 0.2) is 11.8 Å². The Balaban J connectivity index is 2.22. The monoisotopic (exact) mass is 319 g/mol. The first-order chi connectivity index (χ1) is 11.1. The number of pyridine rings is 1. The number of nitro benzene ring substituents is 1. The van der Waals surface area contributed by atoms with E-state index in [0.717, 1.165) is 0 Å². The number of rotatable bonds is 4. The van der Waals surface area contributed by atoms with Gasteiger partial charge >= 0.3 is 0 Å². The molecule has 118 valence electrons. The van der Waals surface area contributed by atoms with E-state index in [9.17, 15) is 18.9 Å². The van der Waals surface area contributed by atoms with E-state index in [1.807, 2.05) is 0 Å². The molecule has 0 saturated heterocycles. The van der Waals surface area contributed by atoms with Gasteiger partial charge < -0.3 is 4.74 Å². The van der Waals surface area contributed by atoms with E-state index >= 15 is 0 Å². The highest BCUT2D eigenvalue weighted by molar-refractivity contribution is 5.83. The summed E-state index contributed by atoms with van der Waals surface area (Å²) >= 11 is 0. The molecule has 1 aliphatic rings. The second-order valence-electron chi connectivity index (χ2n) is 5.21. The summed E-state index contributed by atoms with van der Waals surface area (Å²) in [5.74, 6) is 0.209. The number of aromatic amines is 1. The maximum absolute atomic E-state index is 13.4. The molecule has 1 aromatic carbocycles. The highest BCUT2D eigenvalue weighted by atomic mass is 19.1. The topological polar surface area (TPSA) is 66.5 Å². The molecule has 3 rings (SSSR count). The van der Waals surface area contributed by atoms with Crippen molar-refractivity contribution in [3.8, 4) is 5.75 Å². The molecule has 2 aromatic rings. The van der Waals surface area contributed by atoms with Crippen molar-refractivity contribution in [3.63, 3.8) is 0 Å². The number of nitrogens with one attached hydrogen (secondary N) is 1. The molecule has 23 heavy (non-hydrogen) atoms. The van der Waals surface area contributed by atoms with Crippen LogP contribution in [0.1, 0.15) is 11.3 Å². The molecule has 0 unspecified atom stereocenters. The lowest BCUT2D eigenvalue weighted by atomic mass is 9.91. The third kappa shape index (κ3) is 2.65. The van der Waals surface area contributed by atoms with Crippen molar-refractivity contribution in [2.24, 2.45) is 0 Å². The van der Waals surface area contributed by atoms with Crippen LogP contribution in [0.5, 0.6) is 5.75 Å². The van der Waals surface area contributed by atoms with Crippen molar-refractivity contribution in [1.82, 2.24) is 0 Å². The zero-order valence-electron chi connectivity index (χ0n) is 12.0. The maximum Gasteiger partial charge on any atom is 0.270 e. The van der Waals surface area contributed by atoms with E-state index in [1.165, 1.54) is 24.3 Å². The number of non-ortho nitro benzene ring substituents is 1. The molecule has 0 atom stereocenters. The SMILES string of the molecule is O=[N+]([O-])c1ccc2c(c1)C(c1cccc[nH+]1)=CC(CF)(CF)O2. The van der Waals surface area contributed by atoms with Crippen LogP contribution in [0.25, 0.3) is 5.57 Å². The van der Waals surface area contributed by atoms with Crippen molar-refractivity contribution in [2.75, 3.05) is 13.3 Å². The number of hydrogen-bond donors (Lipinski definition) is 0. The Morgan fingerprint density at radius 2 is 2.00 bits per heavy atom. The van der Waals surface area contributed by atoms with Gasteiger partial charge in [0.1, 0.15) is 19.1 Å². The van der Waals surface area contributed by atoms with Crippen LogP contribution in [0.3, 0.4) is 0 Å². The molecule has 1 aliphatic heterocycles. The summed E-state index contributed by atoms with van der Waals surface area (Å²) in [4.78, 5) is 13.4. The number of alkyl halides is 2. The van der Waals surface area contributed by atoms with E-state index in [1.54, 1.807) is 24.4 Å². The van der Waals surface area contributed by atoms with E-state index in [0.29, 0.717) is 16.8 Å². The molecule has 1 aromatic heterocycles. The number of fused-ring (bicyclic) bond motifs is 1. The first-order valence-electron chi connectivity index (χ1n) is 6.88. The normalized spacial score (nSPS) is 15.3. The van der Waals surface area contributed by atoms with Gasteiger partial charge in [-0.15, -0.1) is 0 Å². The highest BCUT2D eigenvalue weighted by Gasteiger charge is 2.38. The van der Waals surface area contributed by atoms with Gasteiger partial charge in [0.05, 0.1) is 10.5 Å². The molecule has 2 heterocycles. The van der Waals surface area contributed by atoms with Crippen molar-refractivity contribution in [3.05, 3.63) is 70.0 Å². The number of halogens is 2. The predicted octanol–water partition coefficient (Wildman–Crippen LogP) is 2.91. The summed E-state index contributed by atoms with van der Waals surface area (Å²) in [7, 11) is 0. The van der Waals surface area contributed by atoms with E-state index < -0.39 is 23.9 Å². The molecule has 1 N–H and O–H groups in total. The first-order valence-corrected chi connectivity index (χ1v) is 6.88. The minimum Gasteiger partial charge on any atom is -0.477 e. The number of nitro groups is 1. The average molecular weight is 319 g/mol. The summed E-state index contributed by atoms with van der Waals surface area (Å²) in [6.45, 7) is -2.09. The van der Waals surface area contributed by atoms with Crippen molar-refractivity contribution < 1.29 is 23.4 Å². The summed E-state index contributed by atoms with van der Waals surface area (Å²) in [5.41, 5.74) is -0.377. The lowest BCUT2D eigenvalue weighted by Crippen LogP contribution is -2.41. The fourth-order valence-corrected chi connectivity index (χ4v) is 2.47. The Labute approximate surface area is 130 Å². The minimum atomic E-state index is -1.72. The zero-order valence-corrected chi connectivity index (χ0v) is 12.0. The molecule has 0 saturated carbocycles. The largest absolute Gasteiger partial charge is 0.477 e. The maximum atomic E-state index is 13.4. The van der Waals surface area contributed by atoms with E-state index in [2.05, 4.69) is 4.98 Å². The lowest BCUT2D eigenvalue weighted by Gasteiger charge is -2.31. The van der Waals surface area contributed by atoms with Gasteiger partial charge in [-0.2, -0.15) is 0 Å². The van der Waals surface area contributed by atoms with Gasteiger partial charge in [-0.3, -0.25) is 10.1 Å². The third-order valence-corrected chi connectivity index (χ3v) is 3.64. The summed E-state index contributed by atoms with van der Waals surface area (Å²) in [6, 6.07) is 9.19. The molecule has 0 bridgehead atoms. The standard InChI is InChI=1S/C16H12F2N2O3/c17-9-16(10-18)8-13(14-3-1-2-6-19-14)12-7-11(20(21)22)4-5-15(12)23-16/h1-8H,9-10H2/p+1. The van der Waals surface area contributed by atoms with Crippen LogP contribution >= 0.6 is 0 Å². The fourth-order valence-electron chi connectivity index (χ4n) is 2.47. The van der Waals surface area contributed by atoms with Gasteiger partial charge in [0.25, 0.3) is 5.69 Å². The Kier molecular flexibility index (Phi) is 3.77. The molecule has 0 aliphatic carbocycles. The van der Waals surface area contributed by atoms with Crippen LogP contribution < -0.4 is 9.72 Å². The second-order valence-corrected chi connectivity index (χ2v) is 5.21. The third-order valence-electron chi connectivity index (χ3n) is 3.64. The Morgan fingerprint density at radius 1 is 1.22 bits per heavy atom. The highest BCUT2D eigenvalue weighted by Crippen LogP contribution is 2.40. The predicted molar refractivity (Wildman–Crippen MR) is 78.5 cm³/mol. The summed E-state index contributed by atoms with van der Waals surface area (Å²) < 4.78 is 32.2. The Hall–Kier alpha value is -2.83. The molecule has 0 fully saturated rings. The Bertz CT molecular complexity index is 774. The van der Waals surface area contributed by atoms with Crippen molar-refractivity contribution in [1.29, 1.82) is 0 Å². The van der Waals surface area contributed by atoms with Gasteiger partial charge in [0.2, 0.25) is 5.69 Å². The Morgan fingerprint density at radius 3 is 2.61 bits per heavy atom. The molecular formula is C16H13F2N2O3+. The summed E-state index contributed by atoms with van der Waals surface area (Å²) in [6.07, 6.45) is 3.00. The molecule has 0 spiro atoms. The number of ether oxygens (including phenoxy) is 1. The quantitative estimate of drug-likeness (QED) is 0.643. The van der Waals surface area contributed by atoms with Crippen LogP contribution in [0.2, 0.25) is 0 Å². The summed E-state index contributed by atoms with van der Waals surface area (Å²) in [5, 5.41) is 11.0. The number of H-pyrrole nitrogens is 1. The zero-order chi connectivity index (χ0) is 16.4. The van der Waals surface area contributed by atoms with E-state index in [-0.39, 0.29) is 11.4 Å². The second kappa shape index (κ2) is 5.75. The minimum absolute atomic E-state index is 0.123. The smallest absolute Gasteiger partial charge is 0.270 e. The van der Waals surface area contributed by atoms with Crippen LogP contribution in [0, 0.1) is 10.1 Å². The molecule has 0 radical (unpaired) electrons. The first kappa shape index (κ1) is 15.1. The molecular weight excluding hydrogens is 306 g/mol. The van der Waals surface area contributed by atoms with Gasteiger partial charge in [-0.05, 0) is 18.2 Å². The fraction of sp³-hybridized carbons (Fsp3) is 0.188. The van der Waals surface area contributed by atoms with Crippen LogP contribution in [0.4, 0.5) is 14.5 Å². The molecule has 0 amide bonds. The van der Waals surface area contributed by atoms with Crippen molar-refractivity contribution in [2.45, 2.75) is 5.60 Å².